The van der Waals surface area contributed by atoms with E-state index in [2.05, 4.69) is 15.0 Å². The summed E-state index contributed by atoms with van der Waals surface area (Å²) >= 11 is 1.54. The minimum atomic E-state index is 0.760. The van der Waals surface area contributed by atoms with E-state index in [4.69, 9.17) is 0 Å². The summed E-state index contributed by atoms with van der Waals surface area (Å²) in [7, 11) is 0. The fourth-order valence-corrected chi connectivity index (χ4v) is 2.31. The Bertz CT molecular complexity index is 675. The van der Waals surface area contributed by atoms with Crippen LogP contribution in [0.15, 0.2) is 65.2 Å². The molecule has 2 heterocycles. The summed E-state index contributed by atoms with van der Waals surface area (Å²) in [6.45, 7) is 0. The number of hydrogen-bond acceptors (Lipinski definition) is 4. The van der Waals surface area contributed by atoms with Crippen LogP contribution in [-0.2, 0) is 0 Å². The first-order valence-electron chi connectivity index (χ1n) is 5.87. The van der Waals surface area contributed by atoms with E-state index in [0.29, 0.717) is 0 Å². The number of thiazole rings is 1. The number of pyridine rings is 1. The van der Waals surface area contributed by atoms with E-state index in [1.54, 1.807) is 18.6 Å². The quantitative estimate of drug-likeness (QED) is 0.672. The van der Waals surface area contributed by atoms with E-state index in [-0.39, 0.29) is 0 Å². The Balaban J connectivity index is 1.81. The van der Waals surface area contributed by atoms with Crippen molar-refractivity contribution in [2.75, 3.05) is 0 Å². The maximum absolute atomic E-state index is 4.50. The molecule has 2 aromatic heterocycles. The first-order chi connectivity index (χ1) is 9.42. The van der Waals surface area contributed by atoms with Crippen molar-refractivity contribution in [1.29, 1.82) is 0 Å². The van der Waals surface area contributed by atoms with Crippen molar-refractivity contribution in [1.82, 2.24) is 9.97 Å². The van der Waals surface area contributed by atoms with Gasteiger partial charge in [0.25, 0.3) is 0 Å². The fraction of sp³-hybridized carbons (Fsp3) is 0. The maximum atomic E-state index is 4.50. The Kier molecular flexibility index (Phi) is 3.42. The maximum Gasteiger partial charge on any atom is 0.209 e. The highest BCUT2D eigenvalue weighted by molar-refractivity contribution is 7.13. The zero-order valence-electron chi connectivity index (χ0n) is 10.1. The van der Waals surface area contributed by atoms with E-state index in [1.807, 2.05) is 47.8 Å². The molecule has 0 bridgehead atoms. The van der Waals surface area contributed by atoms with Crippen LogP contribution in [0, 0.1) is 0 Å². The summed E-state index contributed by atoms with van der Waals surface area (Å²) in [6.07, 6.45) is 5.30. The lowest BCUT2D eigenvalue weighted by molar-refractivity contribution is 1.32. The largest absolute Gasteiger partial charge is 0.265 e. The molecule has 0 atom stereocenters. The molecule has 0 saturated heterocycles. The van der Waals surface area contributed by atoms with Crippen molar-refractivity contribution in [3.8, 4) is 11.3 Å². The molecule has 4 heteroatoms. The zero-order chi connectivity index (χ0) is 12.9. The van der Waals surface area contributed by atoms with Gasteiger partial charge in [-0.2, -0.15) is 0 Å². The van der Waals surface area contributed by atoms with Crippen LogP contribution in [0.4, 0.5) is 5.13 Å². The molecule has 0 aliphatic carbocycles. The number of aliphatic imine (C=N–C) groups is 1. The molecule has 0 amide bonds. The molecule has 3 nitrogen and oxygen atoms in total. The molecule has 1 aromatic carbocycles. The Labute approximate surface area is 115 Å². The second-order valence-corrected chi connectivity index (χ2v) is 4.76. The fourth-order valence-electron chi connectivity index (χ4n) is 1.64. The molecule has 0 saturated carbocycles. The van der Waals surface area contributed by atoms with Crippen LogP contribution in [0.3, 0.4) is 0 Å². The van der Waals surface area contributed by atoms with Gasteiger partial charge in [0.15, 0.2) is 0 Å². The van der Waals surface area contributed by atoms with E-state index in [9.17, 15) is 0 Å². The molecular weight excluding hydrogens is 254 g/mol. The van der Waals surface area contributed by atoms with Crippen molar-refractivity contribution in [3.63, 3.8) is 0 Å². The lowest BCUT2D eigenvalue weighted by Crippen LogP contribution is -1.80. The molecular formula is C15H11N3S. The van der Waals surface area contributed by atoms with Gasteiger partial charge in [-0.15, -0.1) is 11.3 Å². The van der Waals surface area contributed by atoms with Gasteiger partial charge in [-0.1, -0.05) is 30.3 Å². The molecule has 0 spiro atoms. The summed E-state index contributed by atoms with van der Waals surface area (Å²) in [4.78, 5) is 12.8. The Morgan fingerprint density at radius 3 is 2.58 bits per heavy atom. The van der Waals surface area contributed by atoms with Gasteiger partial charge in [0, 0.05) is 29.6 Å². The summed E-state index contributed by atoms with van der Waals surface area (Å²) < 4.78 is 0. The summed E-state index contributed by atoms with van der Waals surface area (Å²) in [6, 6.07) is 13.9. The Morgan fingerprint density at radius 1 is 1.00 bits per heavy atom. The molecule has 0 aliphatic heterocycles. The SMILES string of the molecule is C(=Nc1nc(-c2ccccc2)cs1)c1ccncc1. The molecule has 3 aromatic rings. The monoisotopic (exact) mass is 265 g/mol. The number of rotatable bonds is 3. The second kappa shape index (κ2) is 5.54. The van der Waals surface area contributed by atoms with Crippen LogP contribution in [0.2, 0.25) is 0 Å². The third-order valence-electron chi connectivity index (χ3n) is 2.59. The smallest absolute Gasteiger partial charge is 0.209 e. The van der Waals surface area contributed by atoms with Crippen LogP contribution in [0.1, 0.15) is 5.56 Å². The zero-order valence-corrected chi connectivity index (χ0v) is 10.9. The van der Waals surface area contributed by atoms with Crippen molar-refractivity contribution < 1.29 is 0 Å². The van der Waals surface area contributed by atoms with Crippen molar-refractivity contribution in [3.05, 3.63) is 65.8 Å². The topological polar surface area (TPSA) is 38.1 Å². The standard InChI is InChI=1S/C15H11N3S/c1-2-4-13(5-3-1)14-11-19-15(18-14)17-10-12-6-8-16-9-7-12/h1-11H. The second-order valence-electron chi connectivity index (χ2n) is 3.92. The highest BCUT2D eigenvalue weighted by Crippen LogP contribution is 2.26. The molecule has 3 rings (SSSR count). The van der Waals surface area contributed by atoms with Gasteiger partial charge in [-0.05, 0) is 17.7 Å². The van der Waals surface area contributed by atoms with Gasteiger partial charge in [0.05, 0.1) is 5.69 Å². The van der Waals surface area contributed by atoms with Gasteiger partial charge in [-0.3, -0.25) is 4.98 Å². The summed E-state index contributed by atoms with van der Waals surface area (Å²) in [5.74, 6) is 0. The van der Waals surface area contributed by atoms with Crippen LogP contribution in [0.5, 0.6) is 0 Å². The molecule has 0 unspecified atom stereocenters. The third kappa shape index (κ3) is 2.92. The molecule has 92 valence electrons. The van der Waals surface area contributed by atoms with Gasteiger partial charge in [0.1, 0.15) is 0 Å². The summed E-state index contributed by atoms with van der Waals surface area (Å²) in [5.41, 5.74) is 3.10. The highest BCUT2D eigenvalue weighted by Gasteiger charge is 2.02. The van der Waals surface area contributed by atoms with E-state index in [0.717, 1.165) is 22.0 Å². The first-order valence-corrected chi connectivity index (χ1v) is 6.75. The van der Waals surface area contributed by atoms with Crippen LogP contribution in [0.25, 0.3) is 11.3 Å². The molecule has 0 fully saturated rings. The average Bonchev–Trinajstić information content (AvgIpc) is 2.96. The molecule has 0 radical (unpaired) electrons. The van der Waals surface area contributed by atoms with E-state index < -0.39 is 0 Å². The highest BCUT2D eigenvalue weighted by atomic mass is 32.1. The molecule has 0 N–H and O–H groups in total. The number of aromatic nitrogens is 2. The van der Waals surface area contributed by atoms with E-state index in [1.165, 1.54) is 11.3 Å². The normalized spacial score (nSPS) is 10.9. The van der Waals surface area contributed by atoms with Gasteiger partial charge in [-0.25, -0.2) is 9.98 Å². The Morgan fingerprint density at radius 2 is 1.79 bits per heavy atom. The summed E-state index contributed by atoms with van der Waals surface area (Å²) in [5, 5.41) is 2.78. The van der Waals surface area contributed by atoms with Gasteiger partial charge >= 0.3 is 0 Å². The van der Waals surface area contributed by atoms with Crippen molar-refractivity contribution >= 4 is 22.7 Å². The van der Waals surface area contributed by atoms with E-state index >= 15 is 0 Å². The molecule has 19 heavy (non-hydrogen) atoms. The first kappa shape index (κ1) is 11.7. The van der Waals surface area contributed by atoms with Crippen LogP contribution < -0.4 is 0 Å². The van der Waals surface area contributed by atoms with Crippen LogP contribution in [-0.4, -0.2) is 16.2 Å². The van der Waals surface area contributed by atoms with Gasteiger partial charge in [0.2, 0.25) is 5.13 Å². The average molecular weight is 265 g/mol. The lowest BCUT2D eigenvalue weighted by atomic mass is 10.2. The minimum Gasteiger partial charge on any atom is -0.265 e. The van der Waals surface area contributed by atoms with Gasteiger partial charge < -0.3 is 0 Å². The number of nitrogens with zero attached hydrogens (tertiary/aromatic N) is 3. The van der Waals surface area contributed by atoms with Crippen LogP contribution >= 0.6 is 11.3 Å². The molecule has 0 aliphatic rings. The predicted octanol–water partition coefficient (Wildman–Crippen LogP) is 3.96. The number of hydrogen-bond donors (Lipinski definition) is 0. The predicted molar refractivity (Wildman–Crippen MR) is 79.0 cm³/mol. The minimum absolute atomic E-state index is 0.760. The van der Waals surface area contributed by atoms with Crippen molar-refractivity contribution in [2.45, 2.75) is 0 Å². The number of benzene rings is 1. The third-order valence-corrected chi connectivity index (χ3v) is 3.34. The van der Waals surface area contributed by atoms with Crippen molar-refractivity contribution in [2.24, 2.45) is 4.99 Å². The lowest BCUT2D eigenvalue weighted by Gasteiger charge is -1.93. The Hall–Kier alpha value is -2.33.